The quantitative estimate of drug-likeness (QED) is 0.455. The molecule has 2 heterocycles. The van der Waals surface area contributed by atoms with Crippen LogP contribution >= 0.6 is 23.1 Å². The van der Waals surface area contributed by atoms with Gasteiger partial charge in [0, 0.05) is 22.0 Å². The number of thioether (sulfide) groups is 1. The molecule has 0 fully saturated rings. The van der Waals surface area contributed by atoms with Crippen LogP contribution in [0.2, 0.25) is 0 Å². The lowest BCUT2D eigenvalue weighted by Crippen LogP contribution is -2.14. The summed E-state index contributed by atoms with van der Waals surface area (Å²) in [4.78, 5) is 24.3. The molecule has 0 spiro atoms. The third-order valence-corrected chi connectivity index (χ3v) is 7.06. The molecule has 0 aliphatic heterocycles. The minimum Gasteiger partial charge on any atom is -0.493 e. The Bertz CT molecular complexity index is 1060. The smallest absolute Gasteiger partial charge is 0.234 e. The fraction of sp³-hybridized carbons (Fsp3) is 0.381. The molecule has 8 heteroatoms. The lowest BCUT2D eigenvalue weighted by atomic mass is 9.97. The van der Waals surface area contributed by atoms with Crippen LogP contribution in [0.3, 0.4) is 0 Å². The summed E-state index contributed by atoms with van der Waals surface area (Å²) in [5.74, 6) is 2.15. The summed E-state index contributed by atoms with van der Waals surface area (Å²) < 4.78 is 10.5. The maximum Gasteiger partial charge on any atom is 0.234 e. The maximum atomic E-state index is 12.5. The van der Waals surface area contributed by atoms with Crippen LogP contribution < -0.4 is 14.8 Å². The molecule has 0 unspecified atom stereocenters. The Morgan fingerprint density at radius 3 is 2.76 bits per heavy atom. The van der Waals surface area contributed by atoms with Crippen LogP contribution in [0, 0.1) is 6.92 Å². The van der Waals surface area contributed by atoms with Crippen molar-refractivity contribution in [2.75, 3.05) is 25.3 Å². The van der Waals surface area contributed by atoms with Gasteiger partial charge in [0.2, 0.25) is 5.91 Å². The van der Waals surface area contributed by atoms with Crippen LogP contribution in [0.15, 0.2) is 23.2 Å². The average molecular weight is 430 g/mol. The summed E-state index contributed by atoms with van der Waals surface area (Å²) in [5, 5.41) is 4.98. The number of nitrogens with zero attached hydrogens (tertiary/aromatic N) is 2. The molecule has 0 atom stereocenters. The van der Waals surface area contributed by atoms with E-state index in [9.17, 15) is 4.79 Å². The number of anilines is 1. The number of carbonyl (C=O) groups is 1. The molecule has 1 amide bonds. The van der Waals surface area contributed by atoms with E-state index >= 15 is 0 Å². The Morgan fingerprint density at radius 1 is 1.17 bits per heavy atom. The molecule has 2 aromatic heterocycles. The monoisotopic (exact) mass is 429 g/mol. The number of aryl methyl sites for hydroxylation is 3. The molecule has 152 valence electrons. The number of fused-ring (bicyclic) bond motifs is 3. The number of nitrogens with one attached hydrogen (secondary N) is 1. The highest BCUT2D eigenvalue weighted by atomic mass is 32.2. The van der Waals surface area contributed by atoms with Crippen molar-refractivity contribution in [2.24, 2.45) is 0 Å². The number of rotatable bonds is 6. The molecule has 0 saturated heterocycles. The molecule has 1 aromatic carbocycles. The molecule has 0 radical (unpaired) electrons. The number of benzene rings is 1. The van der Waals surface area contributed by atoms with E-state index in [2.05, 4.69) is 15.3 Å². The minimum absolute atomic E-state index is 0.0873. The summed E-state index contributed by atoms with van der Waals surface area (Å²) in [7, 11) is 3.16. The van der Waals surface area contributed by atoms with E-state index in [1.165, 1.54) is 35.0 Å². The predicted octanol–water partition coefficient (Wildman–Crippen LogP) is 4.63. The van der Waals surface area contributed by atoms with Gasteiger partial charge >= 0.3 is 0 Å². The number of hydrogen-bond acceptors (Lipinski definition) is 7. The highest BCUT2D eigenvalue weighted by Gasteiger charge is 2.21. The first-order chi connectivity index (χ1) is 14.1. The van der Waals surface area contributed by atoms with Crippen molar-refractivity contribution in [1.82, 2.24) is 9.97 Å². The van der Waals surface area contributed by atoms with E-state index < -0.39 is 0 Å². The zero-order chi connectivity index (χ0) is 20.4. The fourth-order valence-electron chi connectivity index (χ4n) is 3.57. The van der Waals surface area contributed by atoms with Gasteiger partial charge in [-0.1, -0.05) is 11.8 Å². The van der Waals surface area contributed by atoms with Crippen molar-refractivity contribution in [3.63, 3.8) is 0 Å². The van der Waals surface area contributed by atoms with Crippen LogP contribution in [0.4, 0.5) is 5.69 Å². The fourth-order valence-corrected chi connectivity index (χ4v) is 5.85. The second-order valence-electron chi connectivity index (χ2n) is 6.87. The predicted molar refractivity (Wildman–Crippen MR) is 118 cm³/mol. The van der Waals surface area contributed by atoms with Gasteiger partial charge in [0.1, 0.15) is 15.7 Å². The van der Waals surface area contributed by atoms with Crippen molar-refractivity contribution in [3.05, 3.63) is 34.5 Å². The van der Waals surface area contributed by atoms with E-state index in [1.54, 1.807) is 43.8 Å². The SMILES string of the molecule is COc1ccc(NC(=O)CSc2nc(C)nc3sc4c(c23)CCCC4)cc1OC. The lowest BCUT2D eigenvalue weighted by Gasteiger charge is -2.12. The molecule has 0 saturated carbocycles. The lowest BCUT2D eigenvalue weighted by molar-refractivity contribution is -0.113. The largest absolute Gasteiger partial charge is 0.493 e. The summed E-state index contributed by atoms with van der Waals surface area (Å²) in [6, 6.07) is 5.33. The normalized spacial score (nSPS) is 13.2. The number of aromatic nitrogens is 2. The van der Waals surface area contributed by atoms with Gasteiger partial charge in [-0.05, 0) is 50.3 Å². The van der Waals surface area contributed by atoms with Crippen LogP contribution in [0.5, 0.6) is 11.5 Å². The molecular formula is C21H23N3O3S2. The van der Waals surface area contributed by atoms with Crippen molar-refractivity contribution in [3.8, 4) is 11.5 Å². The summed E-state index contributed by atoms with van der Waals surface area (Å²) in [6.07, 6.45) is 4.64. The van der Waals surface area contributed by atoms with Gasteiger partial charge in [-0.15, -0.1) is 11.3 Å². The Hall–Kier alpha value is -2.32. The molecule has 6 nitrogen and oxygen atoms in total. The van der Waals surface area contributed by atoms with E-state index in [1.807, 2.05) is 6.92 Å². The van der Waals surface area contributed by atoms with Gasteiger partial charge in [0.05, 0.1) is 20.0 Å². The topological polar surface area (TPSA) is 73.3 Å². The molecule has 1 aliphatic rings. The molecule has 3 aromatic rings. The number of ether oxygens (including phenoxy) is 2. The number of amides is 1. The highest BCUT2D eigenvalue weighted by molar-refractivity contribution is 8.00. The molecule has 4 rings (SSSR count). The molecule has 1 aliphatic carbocycles. The molecular weight excluding hydrogens is 406 g/mol. The number of methoxy groups -OCH3 is 2. The Balaban J connectivity index is 1.51. The van der Waals surface area contributed by atoms with Crippen molar-refractivity contribution in [1.29, 1.82) is 0 Å². The summed E-state index contributed by atoms with van der Waals surface area (Å²) in [5.41, 5.74) is 2.06. The zero-order valence-electron chi connectivity index (χ0n) is 16.7. The van der Waals surface area contributed by atoms with Gasteiger partial charge in [0.25, 0.3) is 0 Å². The second kappa shape index (κ2) is 8.59. The first kappa shape index (κ1) is 20.0. The first-order valence-corrected chi connectivity index (χ1v) is 11.3. The van der Waals surface area contributed by atoms with Crippen molar-refractivity contribution >= 4 is 44.9 Å². The highest BCUT2D eigenvalue weighted by Crippen LogP contribution is 2.39. The Kier molecular flexibility index (Phi) is 5.91. The van der Waals surface area contributed by atoms with E-state index in [-0.39, 0.29) is 11.7 Å². The van der Waals surface area contributed by atoms with Gasteiger partial charge in [-0.25, -0.2) is 9.97 Å². The van der Waals surface area contributed by atoms with E-state index in [0.29, 0.717) is 17.2 Å². The molecule has 29 heavy (non-hydrogen) atoms. The number of carbonyl (C=O) groups excluding carboxylic acids is 1. The van der Waals surface area contributed by atoms with Crippen LogP contribution in [0.1, 0.15) is 29.1 Å². The van der Waals surface area contributed by atoms with Crippen molar-refractivity contribution < 1.29 is 14.3 Å². The van der Waals surface area contributed by atoms with Gasteiger partial charge in [0.15, 0.2) is 11.5 Å². The Labute approximate surface area is 178 Å². The third-order valence-electron chi connectivity index (χ3n) is 4.90. The zero-order valence-corrected chi connectivity index (χ0v) is 18.3. The van der Waals surface area contributed by atoms with Gasteiger partial charge < -0.3 is 14.8 Å². The van der Waals surface area contributed by atoms with E-state index in [4.69, 9.17) is 9.47 Å². The Morgan fingerprint density at radius 2 is 1.97 bits per heavy atom. The van der Waals surface area contributed by atoms with Crippen LogP contribution in [-0.2, 0) is 17.6 Å². The molecule has 0 bridgehead atoms. The van der Waals surface area contributed by atoms with Crippen LogP contribution in [0.25, 0.3) is 10.2 Å². The van der Waals surface area contributed by atoms with Gasteiger partial charge in [-0.2, -0.15) is 0 Å². The summed E-state index contributed by atoms with van der Waals surface area (Å²) >= 11 is 3.26. The molecule has 1 N–H and O–H groups in total. The second-order valence-corrected chi connectivity index (χ2v) is 8.92. The standard InChI is InChI=1S/C21H23N3O3S2/c1-12-22-20(19-14-6-4-5-7-17(14)29-21(19)23-12)28-11-18(25)24-13-8-9-15(26-2)16(10-13)27-3/h8-10H,4-7,11H2,1-3H3,(H,24,25). The third kappa shape index (κ3) is 4.18. The maximum absolute atomic E-state index is 12.5. The average Bonchev–Trinajstić information content (AvgIpc) is 3.10. The van der Waals surface area contributed by atoms with Crippen molar-refractivity contribution in [2.45, 2.75) is 37.6 Å². The number of thiophene rings is 1. The van der Waals surface area contributed by atoms with E-state index in [0.717, 1.165) is 33.9 Å². The van der Waals surface area contributed by atoms with Gasteiger partial charge in [-0.3, -0.25) is 4.79 Å². The van der Waals surface area contributed by atoms with Crippen LogP contribution in [-0.4, -0.2) is 35.8 Å². The number of hydrogen-bond donors (Lipinski definition) is 1. The summed E-state index contributed by atoms with van der Waals surface area (Å²) in [6.45, 7) is 1.91. The first-order valence-electron chi connectivity index (χ1n) is 9.52. The minimum atomic E-state index is -0.0873.